The van der Waals surface area contributed by atoms with Crippen LogP contribution in [0.1, 0.15) is 86.0 Å². The van der Waals surface area contributed by atoms with Crippen LogP contribution < -0.4 is 0 Å². The molecule has 0 nitrogen and oxygen atoms in total. The molecule has 0 bridgehead atoms. The summed E-state index contributed by atoms with van der Waals surface area (Å²) in [5, 5.41) is 0. The fourth-order valence-electron chi connectivity index (χ4n) is 6.11. The van der Waals surface area contributed by atoms with Crippen LogP contribution in [0, 0.1) is 29.1 Å². The molecule has 0 radical (unpaired) electrons. The van der Waals surface area contributed by atoms with Gasteiger partial charge in [-0.2, -0.15) is 0 Å². The Labute approximate surface area is 175 Å². The van der Waals surface area contributed by atoms with Crippen LogP contribution in [0.2, 0.25) is 0 Å². The van der Waals surface area contributed by atoms with Crippen LogP contribution in [-0.4, -0.2) is 0 Å². The van der Waals surface area contributed by atoms with Crippen molar-refractivity contribution in [3.63, 3.8) is 0 Å². The molecule has 0 aromatic rings. The van der Waals surface area contributed by atoms with Crippen molar-refractivity contribution < 1.29 is 0 Å². The smallest absolute Gasteiger partial charge is 0.0143 e. The number of hydrogen-bond donors (Lipinski definition) is 0. The van der Waals surface area contributed by atoms with E-state index < -0.39 is 0 Å². The van der Waals surface area contributed by atoms with Crippen molar-refractivity contribution in [1.29, 1.82) is 0 Å². The van der Waals surface area contributed by atoms with Crippen LogP contribution in [0.15, 0.2) is 60.3 Å². The highest BCUT2D eigenvalue weighted by Crippen LogP contribution is 2.58. The summed E-state index contributed by atoms with van der Waals surface area (Å²) in [5.74, 6) is 3.07. The molecule has 156 valence electrons. The maximum absolute atomic E-state index is 4.40. The highest BCUT2D eigenvalue weighted by Gasteiger charge is 2.48. The molecule has 3 rings (SSSR count). The molecule has 3 aliphatic carbocycles. The number of fused-ring (bicyclic) bond motifs is 1. The van der Waals surface area contributed by atoms with E-state index >= 15 is 0 Å². The van der Waals surface area contributed by atoms with E-state index in [0.29, 0.717) is 11.3 Å². The van der Waals surface area contributed by atoms with Crippen molar-refractivity contribution in [2.75, 3.05) is 0 Å². The SMILES string of the molecule is C=C/C=C/CC1CCC2/C(=C/C=C3/CC(C)CC(C)C3=C)CCCC12C.CC. The largest absolute Gasteiger partial charge is 0.0991 e. The second-order valence-corrected chi connectivity index (χ2v) is 9.49. The first kappa shape index (κ1) is 23.0. The lowest BCUT2D eigenvalue weighted by Gasteiger charge is -2.42. The van der Waals surface area contributed by atoms with Gasteiger partial charge in [-0.15, -0.1) is 0 Å². The predicted octanol–water partition coefficient (Wildman–Crippen LogP) is 8.84. The van der Waals surface area contributed by atoms with Gasteiger partial charge in [0.05, 0.1) is 0 Å². The average molecular weight is 381 g/mol. The zero-order valence-electron chi connectivity index (χ0n) is 19.3. The van der Waals surface area contributed by atoms with E-state index in [2.05, 4.69) is 58.2 Å². The van der Waals surface area contributed by atoms with Crippen molar-refractivity contribution >= 4 is 0 Å². The molecular weight excluding hydrogens is 336 g/mol. The lowest BCUT2D eigenvalue weighted by Crippen LogP contribution is -2.33. The molecule has 0 aromatic carbocycles. The van der Waals surface area contributed by atoms with E-state index in [1.54, 1.807) is 5.57 Å². The quantitative estimate of drug-likeness (QED) is 0.427. The van der Waals surface area contributed by atoms with Gasteiger partial charge in [0.2, 0.25) is 0 Å². The monoisotopic (exact) mass is 380 g/mol. The Morgan fingerprint density at radius 2 is 1.89 bits per heavy atom. The van der Waals surface area contributed by atoms with Crippen LogP contribution in [0.5, 0.6) is 0 Å². The molecule has 0 aliphatic heterocycles. The maximum Gasteiger partial charge on any atom is -0.0143 e. The Kier molecular flexibility index (Phi) is 8.59. The minimum Gasteiger partial charge on any atom is -0.0991 e. The molecular formula is C28H44. The molecule has 3 saturated carbocycles. The van der Waals surface area contributed by atoms with Crippen molar-refractivity contribution in [3.8, 4) is 0 Å². The number of allylic oxidation sites excluding steroid dienone is 8. The molecule has 0 saturated heterocycles. The summed E-state index contributed by atoms with van der Waals surface area (Å²) in [5.41, 5.74) is 5.12. The molecule has 0 heteroatoms. The minimum absolute atomic E-state index is 0.498. The van der Waals surface area contributed by atoms with Gasteiger partial charge in [0.1, 0.15) is 0 Å². The van der Waals surface area contributed by atoms with Gasteiger partial charge in [-0.3, -0.25) is 0 Å². The van der Waals surface area contributed by atoms with E-state index in [4.69, 9.17) is 0 Å². The molecule has 5 unspecified atom stereocenters. The summed E-state index contributed by atoms with van der Waals surface area (Å²) in [6.07, 6.45) is 21.9. The van der Waals surface area contributed by atoms with Gasteiger partial charge < -0.3 is 0 Å². The molecule has 0 amide bonds. The van der Waals surface area contributed by atoms with Gasteiger partial charge >= 0.3 is 0 Å². The van der Waals surface area contributed by atoms with Gasteiger partial charge in [-0.05, 0) is 91.6 Å². The summed E-state index contributed by atoms with van der Waals surface area (Å²) >= 11 is 0. The first-order valence-corrected chi connectivity index (χ1v) is 11.8. The van der Waals surface area contributed by atoms with Crippen molar-refractivity contribution in [2.24, 2.45) is 29.1 Å². The average Bonchev–Trinajstić information content (AvgIpc) is 3.02. The molecule has 0 spiro atoms. The fraction of sp³-hybridized carbons (Fsp3) is 0.643. The third-order valence-electron chi connectivity index (χ3n) is 7.68. The summed E-state index contributed by atoms with van der Waals surface area (Å²) in [7, 11) is 0. The van der Waals surface area contributed by atoms with Crippen LogP contribution in [0.4, 0.5) is 0 Å². The predicted molar refractivity (Wildman–Crippen MR) is 126 cm³/mol. The molecule has 0 N–H and O–H groups in total. The Morgan fingerprint density at radius 3 is 2.61 bits per heavy atom. The Bertz CT molecular complexity index is 628. The van der Waals surface area contributed by atoms with Gasteiger partial charge in [-0.25, -0.2) is 0 Å². The summed E-state index contributed by atoms with van der Waals surface area (Å²) in [6, 6.07) is 0. The van der Waals surface area contributed by atoms with E-state index in [0.717, 1.165) is 17.8 Å². The van der Waals surface area contributed by atoms with E-state index in [1.165, 1.54) is 62.5 Å². The number of hydrogen-bond acceptors (Lipinski definition) is 0. The van der Waals surface area contributed by atoms with Crippen molar-refractivity contribution in [3.05, 3.63) is 60.3 Å². The molecule has 0 heterocycles. The second kappa shape index (κ2) is 10.5. The van der Waals surface area contributed by atoms with Crippen molar-refractivity contribution in [2.45, 2.75) is 86.0 Å². The van der Waals surface area contributed by atoms with E-state index in [-0.39, 0.29) is 0 Å². The van der Waals surface area contributed by atoms with Gasteiger partial charge in [-0.1, -0.05) is 83.7 Å². The van der Waals surface area contributed by atoms with E-state index in [1.807, 2.05) is 19.9 Å². The Hall–Kier alpha value is -1.30. The van der Waals surface area contributed by atoms with Crippen LogP contribution in [0.3, 0.4) is 0 Å². The molecule has 28 heavy (non-hydrogen) atoms. The molecule has 3 fully saturated rings. The zero-order valence-corrected chi connectivity index (χ0v) is 19.3. The minimum atomic E-state index is 0.498. The molecule has 5 atom stereocenters. The second-order valence-electron chi connectivity index (χ2n) is 9.49. The maximum atomic E-state index is 4.40. The summed E-state index contributed by atoms with van der Waals surface area (Å²) in [6.45, 7) is 19.5. The van der Waals surface area contributed by atoms with Crippen molar-refractivity contribution in [1.82, 2.24) is 0 Å². The standard InChI is InChI=1S/C26H38.C2H6/c1-6-7-8-11-24-14-15-25-22(10-9-16-26(24,25)5)12-13-23-18-19(2)17-20(3)21(23)4;1-2/h6-8,12-13,19-20,24-25H,1,4,9-11,14-18H2,2-3,5H3;1-2H3/b8-7+,22-12+,23-13-;. The third-order valence-corrected chi connectivity index (χ3v) is 7.68. The lowest BCUT2D eigenvalue weighted by atomic mass is 9.63. The lowest BCUT2D eigenvalue weighted by molar-refractivity contribution is 0.137. The normalized spacial score (nSPS) is 38.4. The van der Waals surface area contributed by atoms with Crippen LogP contribution in [-0.2, 0) is 0 Å². The highest BCUT2D eigenvalue weighted by atomic mass is 14.5. The van der Waals surface area contributed by atoms with E-state index in [9.17, 15) is 0 Å². The number of rotatable bonds is 4. The Balaban J connectivity index is 0.00000136. The van der Waals surface area contributed by atoms with Gasteiger partial charge in [0.25, 0.3) is 0 Å². The fourth-order valence-corrected chi connectivity index (χ4v) is 6.11. The topological polar surface area (TPSA) is 0 Å². The van der Waals surface area contributed by atoms with Gasteiger partial charge in [0.15, 0.2) is 0 Å². The van der Waals surface area contributed by atoms with Crippen LogP contribution >= 0.6 is 0 Å². The van der Waals surface area contributed by atoms with Gasteiger partial charge in [0, 0.05) is 0 Å². The molecule has 0 aromatic heterocycles. The third kappa shape index (κ3) is 5.00. The zero-order chi connectivity index (χ0) is 20.7. The summed E-state index contributed by atoms with van der Waals surface area (Å²) in [4.78, 5) is 0. The first-order valence-electron chi connectivity index (χ1n) is 11.8. The molecule has 3 aliphatic rings. The highest BCUT2D eigenvalue weighted by molar-refractivity contribution is 5.37. The summed E-state index contributed by atoms with van der Waals surface area (Å²) < 4.78 is 0. The first-order chi connectivity index (χ1) is 13.5. The van der Waals surface area contributed by atoms with Crippen LogP contribution in [0.25, 0.3) is 0 Å². The Morgan fingerprint density at radius 1 is 1.14 bits per heavy atom.